The summed E-state index contributed by atoms with van der Waals surface area (Å²) in [6.45, 7) is 3.58. The predicted octanol–water partition coefficient (Wildman–Crippen LogP) is 1.95. The van der Waals surface area contributed by atoms with Gasteiger partial charge < -0.3 is 5.11 Å². The quantitative estimate of drug-likeness (QED) is 0.600. The van der Waals surface area contributed by atoms with Crippen molar-refractivity contribution in [2.75, 3.05) is 0 Å². The maximum atomic E-state index is 9.68. The maximum Gasteiger partial charge on any atom is 0.123 e. The van der Waals surface area contributed by atoms with Crippen LogP contribution in [0.15, 0.2) is 0 Å². The largest absolute Gasteiger partial charge is 0.378 e. The van der Waals surface area contributed by atoms with Gasteiger partial charge in [0.1, 0.15) is 5.60 Å². The minimum Gasteiger partial charge on any atom is -0.378 e. The van der Waals surface area contributed by atoms with Crippen LogP contribution in [0.1, 0.15) is 39.5 Å². The Kier molecular flexibility index (Phi) is 2.57. The van der Waals surface area contributed by atoms with Gasteiger partial charge in [0, 0.05) is 0 Å². The first kappa shape index (κ1) is 8.62. The molecule has 1 fully saturated rings. The Balaban J connectivity index is 2.36. The van der Waals surface area contributed by atoms with Crippen molar-refractivity contribution in [1.82, 2.24) is 0 Å². The van der Waals surface area contributed by atoms with Gasteiger partial charge >= 0.3 is 0 Å². The van der Waals surface area contributed by atoms with E-state index in [1.807, 2.05) is 6.92 Å². The molecular formula is C10H16O. The van der Waals surface area contributed by atoms with Crippen LogP contribution >= 0.6 is 0 Å². The predicted molar refractivity (Wildman–Crippen MR) is 46.0 cm³/mol. The Morgan fingerprint density at radius 1 is 1.55 bits per heavy atom. The van der Waals surface area contributed by atoms with Crippen molar-refractivity contribution in [2.24, 2.45) is 5.92 Å². The van der Waals surface area contributed by atoms with Gasteiger partial charge in [0.15, 0.2) is 0 Å². The third-order valence-electron chi connectivity index (χ3n) is 2.31. The van der Waals surface area contributed by atoms with Crippen LogP contribution in [0.4, 0.5) is 0 Å². The molecule has 0 bridgehead atoms. The van der Waals surface area contributed by atoms with Gasteiger partial charge in [0.25, 0.3) is 0 Å². The van der Waals surface area contributed by atoms with Crippen LogP contribution in [-0.2, 0) is 0 Å². The molecule has 1 atom stereocenters. The average molecular weight is 152 g/mol. The molecule has 0 heterocycles. The van der Waals surface area contributed by atoms with E-state index < -0.39 is 5.60 Å². The fourth-order valence-electron chi connectivity index (χ4n) is 1.58. The van der Waals surface area contributed by atoms with E-state index in [2.05, 4.69) is 11.8 Å². The Bertz CT molecular complexity index is 179. The van der Waals surface area contributed by atoms with E-state index in [0.29, 0.717) is 0 Å². The fraction of sp³-hybridized carbons (Fsp3) is 0.800. The van der Waals surface area contributed by atoms with Gasteiger partial charge in [-0.15, -0.1) is 5.92 Å². The summed E-state index contributed by atoms with van der Waals surface area (Å²) in [5.74, 6) is 6.32. The molecule has 0 radical (unpaired) electrons. The van der Waals surface area contributed by atoms with E-state index in [0.717, 1.165) is 12.3 Å². The van der Waals surface area contributed by atoms with Gasteiger partial charge in [0.2, 0.25) is 0 Å². The molecule has 1 heteroatoms. The van der Waals surface area contributed by atoms with Crippen molar-refractivity contribution < 1.29 is 5.11 Å². The van der Waals surface area contributed by atoms with Crippen LogP contribution in [0.3, 0.4) is 0 Å². The first-order valence-corrected chi connectivity index (χ1v) is 4.30. The van der Waals surface area contributed by atoms with Crippen LogP contribution in [0.5, 0.6) is 0 Å². The van der Waals surface area contributed by atoms with E-state index >= 15 is 0 Å². The molecule has 1 unspecified atom stereocenters. The molecule has 1 rings (SSSR count). The second kappa shape index (κ2) is 3.28. The summed E-state index contributed by atoms with van der Waals surface area (Å²) in [4.78, 5) is 0. The lowest BCUT2D eigenvalue weighted by Crippen LogP contribution is -2.28. The molecule has 0 spiro atoms. The Morgan fingerprint density at radius 3 is 2.55 bits per heavy atom. The standard InChI is InChI=1S/C10H16O/c1-3-7-10(2,11)8-9-5-4-6-9/h9,11H,4-6,8H2,1-2H3. The van der Waals surface area contributed by atoms with Crippen molar-refractivity contribution >= 4 is 0 Å². The molecule has 11 heavy (non-hydrogen) atoms. The highest BCUT2D eigenvalue weighted by molar-refractivity contribution is 5.10. The van der Waals surface area contributed by atoms with Gasteiger partial charge in [-0.05, 0) is 26.2 Å². The highest BCUT2D eigenvalue weighted by Crippen LogP contribution is 2.33. The molecular weight excluding hydrogens is 136 g/mol. The first-order valence-electron chi connectivity index (χ1n) is 4.30. The van der Waals surface area contributed by atoms with Crippen LogP contribution in [0.2, 0.25) is 0 Å². The third kappa shape index (κ3) is 2.55. The average Bonchev–Trinajstić information content (AvgIpc) is 1.79. The molecule has 0 saturated heterocycles. The molecule has 1 saturated carbocycles. The molecule has 0 aliphatic heterocycles. The summed E-state index contributed by atoms with van der Waals surface area (Å²) in [6, 6.07) is 0. The lowest BCUT2D eigenvalue weighted by Gasteiger charge is -2.30. The first-order chi connectivity index (χ1) is 5.14. The number of aliphatic hydroxyl groups is 1. The van der Waals surface area contributed by atoms with Gasteiger partial charge in [-0.25, -0.2) is 0 Å². The monoisotopic (exact) mass is 152 g/mol. The molecule has 0 aromatic heterocycles. The number of rotatable bonds is 2. The molecule has 1 aliphatic carbocycles. The van der Waals surface area contributed by atoms with Crippen molar-refractivity contribution in [1.29, 1.82) is 0 Å². The van der Waals surface area contributed by atoms with Gasteiger partial charge in [0.05, 0.1) is 0 Å². The van der Waals surface area contributed by atoms with Crippen molar-refractivity contribution in [3.8, 4) is 11.8 Å². The van der Waals surface area contributed by atoms with E-state index in [1.165, 1.54) is 19.3 Å². The molecule has 1 nitrogen and oxygen atoms in total. The van der Waals surface area contributed by atoms with E-state index in [9.17, 15) is 5.11 Å². The van der Waals surface area contributed by atoms with E-state index in [1.54, 1.807) is 6.92 Å². The summed E-state index contributed by atoms with van der Waals surface area (Å²) >= 11 is 0. The topological polar surface area (TPSA) is 20.2 Å². The van der Waals surface area contributed by atoms with Gasteiger partial charge in [-0.3, -0.25) is 0 Å². The summed E-state index contributed by atoms with van der Waals surface area (Å²) in [7, 11) is 0. The van der Waals surface area contributed by atoms with Crippen molar-refractivity contribution in [2.45, 2.75) is 45.1 Å². The van der Waals surface area contributed by atoms with Gasteiger partial charge in [-0.2, -0.15) is 0 Å². The van der Waals surface area contributed by atoms with Crippen LogP contribution in [0.25, 0.3) is 0 Å². The van der Waals surface area contributed by atoms with Crippen LogP contribution < -0.4 is 0 Å². The Labute approximate surface area is 68.8 Å². The smallest absolute Gasteiger partial charge is 0.123 e. The van der Waals surface area contributed by atoms with Crippen LogP contribution in [-0.4, -0.2) is 10.7 Å². The molecule has 0 aromatic rings. The Hall–Kier alpha value is -0.480. The molecule has 1 aliphatic rings. The van der Waals surface area contributed by atoms with E-state index in [-0.39, 0.29) is 0 Å². The summed E-state index contributed by atoms with van der Waals surface area (Å²) in [5, 5.41) is 9.68. The maximum absolute atomic E-state index is 9.68. The highest BCUT2D eigenvalue weighted by atomic mass is 16.3. The summed E-state index contributed by atoms with van der Waals surface area (Å²) < 4.78 is 0. The summed E-state index contributed by atoms with van der Waals surface area (Å²) in [5.41, 5.74) is -0.736. The second-order valence-electron chi connectivity index (χ2n) is 3.65. The minimum absolute atomic E-state index is 0.728. The van der Waals surface area contributed by atoms with Crippen LogP contribution in [0, 0.1) is 17.8 Å². The molecule has 0 aromatic carbocycles. The Morgan fingerprint density at radius 2 is 2.18 bits per heavy atom. The van der Waals surface area contributed by atoms with E-state index in [4.69, 9.17) is 0 Å². The zero-order valence-corrected chi connectivity index (χ0v) is 7.35. The zero-order valence-electron chi connectivity index (χ0n) is 7.35. The minimum atomic E-state index is -0.736. The lowest BCUT2D eigenvalue weighted by molar-refractivity contribution is 0.0727. The highest BCUT2D eigenvalue weighted by Gasteiger charge is 2.26. The van der Waals surface area contributed by atoms with Gasteiger partial charge in [-0.1, -0.05) is 25.2 Å². The molecule has 1 N–H and O–H groups in total. The number of hydrogen-bond acceptors (Lipinski definition) is 1. The zero-order chi connectivity index (χ0) is 8.32. The normalized spacial score (nSPS) is 22.8. The third-order valence-corrected chi connectivity index (χ3v) is 2.31. The molecule has 0 amide bonds. The van der Waals surface area contributed by atoms with Crippen molar-refractivity contribution in [3.05, 3.63) is 0 Å². The molecule has 62 valence electrons. The second-order valence-corrected chi connectivity index (χ2v) is 3.65. The fourth-order valence-corrected chi connectivity index (χ4v) is 1.58. The lowest BCUT2D eigenvalue weighted by atomic mass is 9.78. The SMILES string of the molecule is CC#CC(C)(O)CC1CCC1. The van der Waals surface area contributed by atoms with Crippen molar-refractivity contribution in [3.63, 3.8) is 0 Å². The summed E-state index contributed by atoms with van der Waals surface area (Å²) in [6.07, 6.45) is 4.75. The number of hydrogen-bond donors (Lipinski definition) is 1.